The molecular weight excluding hydrogens is 311 g/mol. The molecule has 0 unspecified atom stereocenters. The Morgan fingerprint density at radius 2 is 1.95 bits per heavy atom. The predicted octanol–water partition coefficient (Wildman–Crippen LogP) is 3.54. The molecule has 0 amide bonds. The van der Waals surface area contributed by atoms with Gasteiger partial charge >= 0.3 is 13.0 Å². The quantitative estimate of drug-likeness (QED) is 0.594. The number of hydrogen-bond acceptors (Lipinski definition) is 3. The second-order valence-electron chi connectivity index (χ2n) is 3.54. The standard InChI is InChI=1S/C11H8ClF5O3/c12-5-7(18)3-6-4-8(20-11(15,16)17)1-2-9(6)19-10(13)14/h1-2,4,10H,3,5H2. The predicted molar refractivity (Wildman–Crippen MR) is 59.2 cm³/mol. The van der Waals surface area contributed by atoms with Crippen LogP contribution >= 0.6 is 11.6 Å². The monoisotopic (exact) mass is 318 g/mol. The largest absolute Gasteiger partial charge is 0.573 e. The van der Waals surface area contributed by atoms with Crippen LogP contribution in [0.5, 0.6) is 11.5 Å². The number of carbonyl (C=O) groups excluding carboxylic acids is 1. The molecule has 1 aromatic carbocycles. The van der Waals surface area contributed by atoms with E-state index in [9.17, 15) is 26.7 Å². The van der Waals surface area contributed by atoms with Crippen molar-refractivity contribution in [1.29, 1.82) is 0 Å². The molecular formula is C11H8ClF5O3. The van der Waals surface area contributed by atoms with E-state index in [1.54, 1.807) is 0 Å². The van der Waals surface area contributed by atoms with E-state index >= 15 is 0 Å². The van der Waals surface area contributed by atoms with E-state index in [0.29, 0.717) is 0 Å². The molecule has 0 fully saturated rings. The number of alkyl halides is 6. The summed E-state index contributed by atoms with van der Waals surface area (Å²) in [5, 5.41) is 0. The van der Waals surface area contributed by atoms with Crippen molar-refractivity contribution in [1.82, 2.24) is 0 Å². The third kappa shape index (κ3) is 5.60. The van der Waals surface area contributed by atoms with Crippen LogP contribution in [-0.2, 0) is 11.2 Å². The Labute approximate surface area is 115 Å². The van der Waals surface area contributed by atoms with Crippen LogP contribution in [-0.4, -0.2) is 24.6 Å². The van der Waals surface area contributed by atoms with Crippen molar-refractivity contribution in [3.05, 3.63) is 23.8 Å². The van der Waals surface area contributed by atoms with Crippen LogP contribution in [0.3, 0.4) is 0 Å². The summed E-state index contributed by atoms with van der Waals surface area (Å²) in [7, 11) is 0. The number of ketones is 1. The van der Waals surface area contributed by atoms with Crippen molar-refractivity contribution < 1.29 is 36.2 Å². The van der Waals surface area contributed by atoms with Gasteiger partial charge in [-0.15, -0.1) is 24.8 Å². The molecule has 0 aliphatic heterocycles. The summed E-state index contributed by atoms with van der Waals surface area (Å²) < 4.78 is 68.2. The molecule has 112 valence electrons. The van der Waals surface area contributed by atoms with Gasteiger partial charge in [0.15, 0.2) is 5.78 Å². The zero-order valence-electron chi connectivity index (χ0n) is 9.72. The Hall–Kier alpha value is -1.57. The SMILES string of the molecule is O=C(CCl)Cc1cc(OC(F)(F)F)ccc1OC(F)F. The molecule has 1 aromatic rings. The number of benzene rings is 1. The van der Waals surface area contributed by atoms with Crippen molar-refractivity contribution in [2.24, 2.45) is 0 Å². The average Bonchev–Trinajstić information content (AvgIpc) is 2.29. The van der Waals surface area contributed by atoms with Crippen LogP contribution in [0.4, 0.5) is 22.0 Å². The molecule has 0 atom stereocenters. The number of rotatable bonds is 6. The Morgan fingerprint density at radius 3 is 2.45 bits per heavy atom. The fourth-order valence-corrected chi connectivity index (χ4v) is 1.46. The van der Waals surface area contributed by atoms with Gasteiger partial charge in [0.25, 0.3) is 0 Å². The highest BCUT2D eigenvalue weighted by molar-refractivity contribution is 6.27. The lowest BCUT2D eigenvalue weighted by Crippen LogP contribution is -2.17. The number of halogens is 6. The van der Waals surface area contributed by atoms with E-state index in [-0.39, 0.29) is 5.56 Å². The van der Waals surface area contributed by atoms with Crippen molar-refractivity contribution in [2.45, 2.75) is 19.4 Å². The van der Waals surface area contributed by atoms with Gasteiger partial charge in [-0.3, -0.25) is 4.79 Å². The first-order chi connectivity index (χ1) is 9.21. The summed E-state index contributed by atoms with van der Waals surface area (Å²) in [6.45, 7) is -3.17. The van der Waals surface area contributed by atoms with Gasteiger partial charge in [0.05, 0.1) is 5.88 Å². The van der Waals surface area contributed by atoms with Crippen LogP contribution in [0.25, 0.3) is 0 Å². The fraction of sp³-hybridized carbons (Fsp3) is 0.364. The molecule has 0 saturated heterocycles. The highest BCUT2D eigenvalue weighted by atomic mass is 35.5. The van der Waals surface area contributed by atoms with Crippen LogP contribution in [0.2, 0.25) is 0 Å². The molecule has 0 spiro atoms. The minimum absolute atomic E-state index is 0.169. The van der Waals surface area contributed by atoms with E-state index in [4.69, 9.17) is 11.6 Å². The molecule has 9 heteroatoms. The Kier molecular flexibility index (Phi) is 5.55. The molecule has 1 rings (SSSR count). The van der Waals surface area contributed by atoms with Crippen LogP contribution < -0.4 is 9.47 Å². The zero-order valence-corrected chi connectivity index (χ0v) is 10.5. The van der Waals surface area contributed by atoms with E-state index in [0.717, 1.165) is 18.2 Å². The number of carbonyl (C=O) groups is 1. The molecule has 0 aliphatic rings. The van der Waals surface area contributed by atoms with Gasteiger partial charge < -0.3 is 9.47 Å². The van der Waals surface area contributed by atoms with Crippen molar-refractivity contribution in [3.8, 4) is 11.5 Å². The van der Waals surface area contributed by atoms with Gasteiger partial charge in [0.1, 0.15) is 11.5 Å². The third-order valence-electron chi connectivity index (χ3n) is 2.02. The van der Waals surface area contributed by atoms with Crippen LogP contribution in [0.1, 0.15) is 5.56 Å². The molecule has 0 aliphatic carbocycles. The van der Waals surface area contributed by atoms with E-state index < -0.39 is 42.6 Å². The maximum absolute atomic E-state index is 12.1. The Morgan fingerprint density at radius 1 is 1.30 bits per heavy atom. The topological polar surface area (TPSA) is 35.5 Å². The lowest BCUT2D eigenvalue weighted by atomic mass is 10.1. The van der Waals surface area contributed by atoms with Crippen molar-refractivity contribution >= 4 is 17.4 Å². The van der Waals surface area contributed by atoms with E-state index in [1.165, 1.54) is 0 Å². The zero-order chi connectivity index (χ0) is 15.3. The summed E-state index contributed by atoms with van der Waals surface area (Å²) in [4.78, 5) is 11.2. The minimum atomic E-state index is -4.93. The van der Waals surface area contributed by atoms with Crippen molar-refractivity contribution in [3.63, 3.8) is 0 Å². The van der Waals surface area contributed by atoms with Crippen LogP contribution in [0.15, 0.2) is 18.2 Å². The number of Topliss-reactive ketones (excluding diaryl/α,β-unsaturated/α-hetero) is 1. The normalized spacial score (nSPS) is 11.6. The summed E-state index contributed by atoms with van der Waals surface area (Å²) in [5.74, 6) is -2.02. The minimum Gasteiger partial charge on any atom is -0.435 e. The van der Waals surface area contributed by atoms with Gasteiger partial charge in [-0.05, 0) is 18.2 Å². The molecule has 0 saturated carbocycles. The van der Waals surface area contributed by atoms with E-state index in [2.05, 4.69) is 9.47 Å². The highest BCUT2D eigenvalue weighted by Gasteiger charge is 2.31. The van der Waals surface area contributed by atoms with E-state index in [1.807, 2.05) is 0 Å². The molecule has 0 aromatic heterocycles. The summed E-state index contributed by atoms with van der Waals surface area (Å²) in [6, 6.07) is 2.47. The Balaban J connectivity index is 3.04. The van der Waals surface area contributed by atoms with Gasteiger partial charge in [-0.1, -0.05) is 0 Å². The average molecular weight is 319 g/mol. The first-order valence-electron chi connectivity index (χ1n) is 5.12. The first-order valence-corrected chi connectivity index (χ1v) is 5.66. The van der Waals surface area contributed by atoms with Gasteiger partial charge in [0, 0.05) is 12.0 Å². The lowest BCUT2D eigenvalue weighted by Gasteiger charge is -2.13. The lowest BCUT2D eigenvalue weighted by molar-refractivity contribution is -0.274. The first kappa shape index (κ1) is 16.5. The molecule has 0 N–H and O–H groups in total. The molecule has 0 heterocycles. The van der Waals surface area contributed by atoms with Crippen LogP contribution in [0, 0.1) is 0 Å². The summed E-state index contributed by atoms with van der Waals surface area (Å²) in [6.07, 6.45) is -5.38. The second-order valence-corrected chi connectivity index (χ2v) is 3.81. The highest BCUT2D eigenvalue weighted by Crippen LogP contribution is 2.29. The number of hydrogen-bond donors (Lipinski definition) is 0. The summed E-state index contributed by atoms with van der Waals surface area (Å²) >= 11 is 5.26. The molecule has 0 bridgehead atoms. The number of ether oxygens (including phenoxy) is 2. The third-order valence-corrected chi connectivity index (χ3v) is 2.32. The smallest absolute Gasteiger partial charge is 0.435 e. The van der Waals surface area contributed by atoms with Gasteiger partial charge in [0.2, 0.25) is 0 Å². The summed E-state index contributed by atoms with van der Waals surface area (Å²) in [5.41, 5.74) is -0.169. The van der Waals surface area contributed by atoms with Crippen molar-refractivity contribution in [2.75, 3.05) is 5.88 Å². The van der Waals surface area contributed by atoms with Gasteiger partial charge in [-0.25, -0.2) is 0 Å². The van der Waals surface area contributed by atoms with Gasteiger partial charge in [-0.2, -0.15) is 8.78 Å². The maximum Gasteiger partial charge on any atom is 0.573 e. The Bertz CT molecular complexity index is 476. The molecule has 0 radical (unpaired) electrons. The maximum atomic E-state index is 12.1. The fourth-order valence-electron chi connectivity index (χ4n) is 1.36. The molecule has 20 heavy (non-hydrogen) atoms. The molecule has 3 nitrogen and oxygen atoms in total. The second kappa shape index (κ2) is 6.74.